The van der Waals surface area contributed by atoms with Crippen LogP contribution in [0.25, 0.3) is 0 Å². The Morgan fingerprint density at radius 3 is 2.86 bits per heavy atom. The summed E-state index contributed by atoms with van der Waals surface area (Å²) < 4.78 is 5.00. The highest BCUT2D eigenvalue weighted by Gasteiger charge is 2.26. The van der Waals surface area contributed by atoms with Crippen molar-refractivity contribution < 1.29 is 14.5 Å². The average Bonchev–Trinajstić information content (AvgIpc) is 2.66. The number of nitrogen functional groups attached to an aromatic ring is 1. The number of carbonyl (C=O) groups is 1. The van der Waals surface area contributed by atoms with Crippen molar-refractivity contribution in [1.82, 2.24) is 4.90 Å². The van der Waals surface area contributed by atoms with E-state index in [0.29, 0.717) is 37.6 Å². The number of nitro benzene ring substituents is 1. The fraction of sp³-hybridized carbons (Fsp3) is 0.500. The van der Waals surface area contributed by atoms with Crippen molar-refractivity contribution in [3.05, 3.63) is 28.3 Å². The van der Waals surface area contributed by atoms with Gasteiger partial charge in [0.1, 0.15) is 5.69 Å². The molecule has 0 aromatic heterocycles. The Morgan fingerprint density at radius 1 is 1.41 bits per heavy atom. The Hall–Kier alpha value is -2.35. The lowest BCUT2D eigenvalue weighted by molar-refractivity contribution is -0.384. The highest BCUT2D eigenvalue weighted by Crippen LogP contribution is 2.31. The number of methoxy groups -OCH3 is 1. The molecule has 22 heavy (non-hydrogen) atoms. The summed E-state index contributed by atoms with van der Waals surface area (Å²) in [5.41, 5.74) is 6.54. The van der Waals surface area contributed by atoms with Crippen molar-refractivity contribution in [3.8, 4) is 0 Å². The maximum absolute atomic E-state index is 12.3. The molecule has 0 aliphatic carbocycles. The van der Waals surface area contributed by atoms with E-state index in [1.807, 2.05) is 0 Å². The van der Waals surface area contributed by atoms with E-state index in [1.165, 1.54) is 12.1 Å². The molecule has 1 fully saturated rings. The van der Waals surface area contributed by atoms with Crippen LogP contribution in [0.4, 0.5) is 17.1 Å². The fourth-order valence-electron chi connectivity index (χ4n) is 2.51. The van der Waals surface area contributed by atoms with E-state index >= 15 is 0 Å². The van der Waals surface area contributed by atoms with E-state index in [0.717, 1.165) is 6.42 Å². The van der Waals surface area contributed by atoms with Gasteiger partial charge in [-0.2, -0.15) is 0 Å². The molecule has 120 valence electrons. The molecule has 1 heterocycles. The van der Waals surface area contributed by atoms with Crippen LogP contribution in [0, 0.1) is 10.1 Å². The lowest BCUT2D eigenvalue weighted by Gasteiger charge is -2.23. The topological polar surface area (TPSA) is 102 Å². The van der Waals surface area contributed by atoms with E-state index in [4.69, 9.17) is 10.5 Å². The highest BCUT2D eigenvalue weighted by molar-refractivity contribution is 5.83. The normalized spacial score (nSPS) is 15.8. The minimum atomic E-state index is -0.452. The number of hydrogen-bond acceptors (Lipinski definition) is 6. The molecular weight excluding hydrogens is 288 g/mol. The highest BCUT2D eigenvalue weighted by atomic mass is 16.6. The summed E-state index contributed by atoms with van der Waals surface area (Å²) >= 11 is 0. The van der Waals surface area contributed by atoms with Crippen molar-refractivity contribution in [3.63, 3.8) is 0 Å². The second-order valence-electron chi connectivity index (χ2n) is 5.15. The van der Waals surface area contributed by atoms with E-state index < -0.39 is 4.92 Å². The number of benzene rings is 1. The summed E-state index contributed by atoms with van der Waals surface area (Å²) in [4.78, 5) is 26.5. The molecule has 0 unspecified atom stereocenters. The smallest absolute Gasteiger partial charge is 0.292 e. The van der Waals surface area contributed by atoms with Gasteiger partial charge in [-0.25, -0.2) is 0 Å². The third kappa shape index (κ3) is 3.64. The van der Waals surface area contributed by atoms with Crippen LogP contribution >= 0.6 is 0 Å². The Labute approximate surface area is 128 Å². The number of carbonyl (C=O) groups excluding carboxylic acids is 1. The molecule has 0 spiro atoms. The van der Waals surface area contributed by atoms with Gasteiger partial charge in [0.05, 0.1) is 18.1 Å². The first-order valence-corrected chi connectivity index (χ1v) is 7.08. The molecule has 8 nitrogen and oxygen atoms in total. The number of nitrogens with two attached hydrogens (primary N) is 1. The van der Waals surface area contributed by atoms with Crippen LogP contribution in [0.2, 0.25) is 0 Å². The standard InChI is InChI=1S/C14H20N4O4/c1-22-8-7-16-5-2-6-17(10-14(16)19)13-9-11(15)3-4-12(13)18(20)21/h3-4,9H,2,5-8,10,15H2,1H3. The van der Waals surface area contributed by atoms with Gasteiger partial charge in [-0.05, 0) is 18.6 Å². The summed E-state index contributed by atoms with van der Waals surface area (Å²) in [6.45, 7) is 2.30. The van der Waals surface area contributed by atoms with Crippen LogP contribution in [0.3, 0.4) is 0 Å². The van der Waals surface area contributed by atoms with Gasteiger partial charge >= 0.3 is 0 Å². The van der Waals surface area contributed by atoms with E-state index in [-0.39, 0.29) is 18.1 Å². The lowest BCUT2D eigenvalue weighted by Crippen LogP contribution is -2.38. The van der Waals surface area contributed by atoms with Crippen LogP contribution in [0.5, 0.6) is 0 Å². The lowest BCUT2D eigenvalue weighted by atomic mass is 10.2. The van der Waals surface area contributed by atoms with Gasteiger partial charge in [-0.1, -0.05) is 0 Å². The summed E-state index contributed by atoms with van der Waals surface area (Å²) in [6.07, 6.45) is 0.738. The minimum absolute atomic E-state index is 0.0349. The zero-order chi connectivity index (χ0) is 16.1. The monoisotopic (exact) mass is 308 g/mol. The van der Waals surface area contributed by atoms with Crippen LogP contribution < -0.4 is 10.6 Å². The number of anilines is 2. The molecule has 0 radical (unpaired) electrons. The first-order valence-electron chi connectivity index (χ1n) is 7.08. The van der Waals surface area contributed by atoms with Gasteiger partial charge in [0, 0.05) is 38.5 Å². The Balaban J connectivity index is 2.21. The molecule has 2 rings (SSSR count). The Kier molecular flexibility index (Phi) is 5.16. The Morgan fingerprint density at radius 2 is 2.18 bits per heavy atom. The van der Waals surface area contributed by atoms with E-state index in [2.05, 4.69) is 0 Å². The van der Waals surface area contributed by atoms with E-state index in [1.54, 1.807) is 23.0 Å². The summed E-state index contributed by atoms with van der Waals surface area (Å²) in [5, 5.41) is 11.2. The van der Waals surface area contributed by atoms with Gasteiger partial charge in [0.15, 0.2) is 0 Å². The molecule has 1 amide bonds. The quantitative estimate of drug-likeness (QED) is 0.492. The average molecular weight is 308 g/mol. The SMILES string of the molecule is COCCN1CCCN(c2cc(N)ccc2[N+](=O)[O-])CC1=O. The number of hydrogen-bond donors (Lipinski definition) is 1. The maximum Gasteiger partial charge on any atom is 0.292 e. The molecule has 1 aliphatic rings. The van der Waals surface area contributed by atoms with Crippen LogP contribution in [0.1, 0.15) is 6.42 Å². The van der Waals surface area contributed by atoms with E-state index in [9.17, 15) is 14.9 Å². The van der Waals surface area contributed by atoms with Gasteiger partial charge in [0.25, 0.3) is 5.69 Å². The van der Waals surface area contributed by atoms with Crippen LogP contribution in [-0.4, -0.2) is 55.6 Å². The number of amides is 1. The van der Waals surface area contributed by atoms with Crippen molar-refractivity contribution in [1.29, 1.82) is 0 Å². The number of nitrogens with zero attached hydrogens (tertiary/aromatic N) is 3. The van der Waals surface area contributed by atoms with Crippen LogP contribution in [-0.2, 0) is 9.53 Å². The first kappa shape index (κ1) is 16.0. The number of rotatable bonds is 5. The second kappa shape index (κ2) is 7.08. The third-order valence-electron chi connectivity index (χ3n) is 3.64. The molecule has 1 aromatic carbocycles. The molecule has 1 aromatic rings. The van der Waals surface area contributed by atoms with Crippen molar-refractivity contribution in [2.45, 2.75) is 6.42 Å². The van der Waals surface area contributed by atoms with Gasteiger partial charge in [0.2, 0.25) is 5.91 Å². The molecule has 0 saturated carbocycles. The number of nitro groups is 1. The summed E-state index contributed by atoms with van der Waals surface area (Å²) in [7, 11) is 1.59. The summed E-state index contributed by atoms with van der Waals surface area (Å²) in [5.74, 6) is -0.0636. The predicted octanol–water partition coefficient (Wildman–Crippen LogP) is 0.862. The fourth-order valence-corrected chi connectivity index (χ4v) is 2.51. The minimum Gasteiger partial charge on any atom is -0.399 e. The van der Waals surface area contributed by atoms with Crippen LogP contribution in [0.15, 0.2) is 18.2 Å². The molecule has 2 N–H and O–H groups in total. The van der Waals surface area contributed by atoms with Gasteiger partial charge < -0.3 is 20.3 Å². The zero-order valence-corrected chi connectivity index (χ0v) is 12.5. The predicted molar refractivity (Wildman–Crippen MR) is 82.8 cm³/mol. The zero-order valence-electron chi connectivity index (χ0n) is 12.5. The first-order chi connectivity index (χ1) is 10.5. The second-order valence-corrected chi connectivity index (χ2v) is 5.15. The van der Waals surface area contributed by atoms with Crippen molar-refractivity contribution in [2.24, 2.45) is 0 Å². The third-order valence-corrected chi connectivity index (χ3v) is 3.64. The van der Waals surface area contributed by atoms with Gasteiger partial charge in [-0.15, -0.1) is 0 Å². The molecular formula is C14H20N4O4. The van der Waals surface area contributed by atoms with Crippen molar-refractivity contribution >= 4 is 23.0 Å². The molecule has 1 saturated heterocycles. The number of ether oxygens (including phenoxy) is 1. The largest absolute Gasteiger partial charge is 0.399 e. The maximum atomic E-state index is 12.3. The van der Waals surface area contributed by atoms with Gasteiger partial charge in [-0.3, -0.25) is 14.9 Å². The Bertz CT molecular complexity index is 564. The van der Waals surface area contributed by atoms with Crippen molar-refractivity contribution in [2.75, 3.05) is 50.5 Å². The molecule has 0 bridgehead atoms. The molecule has 1 aliphatic heterocycles. The summed E-state index contributed by atoms with van der Waals surface area (Å²) in [6, 6.07) is 4.42. The molecule has 8 heteroatoms. The molecule has 0 atom stereocenters.